The van der Waals surface area contributed by atoms with Crippen LogP contribution >= 0.6 is 0 Å². The zero-order valence-corrected chi connectivity index (χ0v) is 11.4. The number of rotatable bonds is 2. The monoisotopic (exact) mass is 250 g/mol. The van der Waals surface area contributed by atoms with Gasteiger partial charge in [-0.05, 0) is 31.0 Å². The first-order valence-electron chi connectivity index (χ1n) is 6.76. The van der Waals surface area contributed by atoms with Crippen molar-refractivity contribution in [1.82, 2.24) is 0 Å². The molecule has 1 aliphatic rings. The highest BCUT2D eigenvalue weighted by atomic mass is 15.5. The second kappa shape index (κ2) is 4.88. The fourth-order valence-electron chi connectivity index (χ4n) is 2.47. The summed E-state index contributed by atoms with van der Waals surface area (Å²) in [6, 6.07) is 19.3. The minimum atomic E-state index is 0.361. The molecule has 0 radical (unpaired) electrons. The van der Waals surface area contributed by atoms with E-state index in [0.717, 1.165) is 12.1 Å². The van der Waals surface area contributed by atoms with E-state index in [2.05, 4.69) is 67.4 Å². The molecule has 2 nitrogen and oxygen atoms in total. The Labute approximate surface area is 114 Å². The van der Waals surface area contributed by atoms with Crippen molar-refractivity contribution >= 4 is 11.4 Å². The molecule has 3 rings (SSSR count). The fraction of sp³-hybridized carbons (Fsp3) is 0.235. The third-order valence-electron chi connectivity index (χ3n) is 3.42. The summed E-state index contributed by atoms with van der Waals surface area (Å²) in [6.07, 6.45) is 0.906. The van der Waals surface area contributed by atoms with E-state index in [1.165, 1.54) is 16.8 Å². The molecule has 1 aliphatic heterocycles. The summed E-state index contributed by atoms with van der Waals surface area (Å²) in [6.45, 7) is 4.35. The molecule has 96 valence electrons. The van der Waals surface area contributed by atoms with Gasteiger partial charge >= 0.3 is 0 Å². The average molecular weight is 250 g/mol. The van der Waals surface area contributed by atoms with Crippen LogP contribution in [-0.2, 0) is 6.42 Å². The van der Waals surface area contributed by atoms with Crippen LogP contribution in [0.3, 0.4) is 0 Å². The number of hydrogen-bond acceptors (Lipinski definition) is 2. The number of para-hydroxylation sites is 1. The topological polar surface area (TPSA) is 15.6 Å². The molecule has 0 aromatic heterocycles. The van der Waals surface area contributed by atoms with Crippen LogP contribution in [0.4, 0.5) is 5.69 Å². The molecule has 0 fully saturated rings. The number of anilines is 1. The quantitative estimate of drug-likeness (QED) is 0.790. The predicted molar refractivity (Wildman–Crippen MR) is 80.7 cm³/mol. The van der Waals surface area contributed by atoms with Gasteiger partial charge in [0.25, 0.3) is 0 Å². The van der Waals surface area contributed by atoms with Crippen molar-refractivity contribution < 1.29 is 0 Å². The van der Waals surface area contributed by atoms with Crippen LogP contribution in [0.1, 0.15) is 25.0 Å². The van der Waals surface area contributed by atoms with Crippen molar-refractivity contribution in [2.45, 2.75) is 26.3 Å². The van der Waals surface area contributed by atoms with Crippen molar-refractivity contribution in [3.63, 3.8) is 0 Å². The lowest BCUT2D eigenvalue weighted by Gasteiger charge is -2.31. The summed E-state index contributed by atoms with van der Waals surface area (Å²) in [4.78, 5) is 0. The Morgan fingerprint density at radius 3 is 2.37 bits per heavy atom. The molecule has 19 heavy (non-hydrogen) atoms. The van der Waals surface area contributed by atoms with Gasteiger partial charge in [-0.25, -0.2) is 0 Å². The van der Waals surface area contributed by atoms with Gasteiger partial charge in [0.2, 0.25) is 0 Å². The Morgan fingerprint density at radius 2 is 1.63 bits per heavy atom. The van der Waals surface area contributed by atoms with Gasteiger partial charge in [-0.1, -0.05) is 48.5 Å². The van der Waals surface area contributed by atoms with Crippen LogP contribution in [0.15, 0.2) is 59.7 Å². The minimum Gasteiger partial charge on any atom is -0.262 e. The van der Waals surface area contributed by atoms with Crippen LogP contribution in [0.5, 0.6) is 0 Å². The molecule has 0 saturated heterocycles. The lowest BCUT2D eigenvalue weighted by atomic mass is 9.99. The summed E-state index contributed by atoms with van der Waals surface area (Å²) in [7, 11) is 0. The Kier molecular flexibility index (Phi) is 3.08. The van der Waals surface area contributed by atoms with Crippen LogP contribution in [0.25, 0.3) is 0 Å². The van der Waals surface area contributed by atoms with Gasteiger partial charge < -0.3 is 0 Å². The molecule has 2 heteroatoms. The zero-order valence-electron chi connectivity index (χ0n) is 11.4. The van der Waals surface area contributed by atoms with Crippen molar-refractivity contribution in [3.8, 4) is 0 Å². The lowest BCUT2D eigenvalue weighted by molar-refractivity contribution is 0.702. The molecule has 0 N–H and O–H groups in total. The SMILES string of the molecule is CC(C)N1N=C(c2ccccc2)Cc2ccccc21. The van der Waals surface area contributed by atoms with E-state index in [9.17, 15) is 0 Å². The predicted octanol–water partition coefficient (Wildman–Crippen LogP) is 3.86. The summed E-state index contributed by atoms with van der Waals surface area (Å²) in [5.41, 5.74) is 4.94. The maximum absolute atomic E-state index is 4.84. The molecule has 0 atom stereocenters. The highest BCUT2D eigenvalue weighted by Gasteiger charge is 2.21. The first kappa shape index (κ1) is 12.0. The molecule has 2 aromatic carbocycles. The van der Waals surface area contributed by atoms with Crippen LogP contribution < -0.4 is 5.01 Å². The van der Waals surface area contributed by atoms with Gasteiger partial charge in [-0.15, -0.1) is 0 Å². The van der Waals surface area contributed by atoms with E-state index < -0.39 is 0 Å². The van der Waals surface area contributed by atoms with Crippen molar-refractivity contribution in [1.29, 1.82) is 0 Å². The Morgan fingerprint density at radius 1 is 0.947 bits per heavy atom. The smallest absolute Gasteiger partial charge is 0.0726 e. The van der Waals surface area contributed by atoms with Crippen molar-refractivity contribution in [2.24, 2.45) is 5.10 Å². The highest BCUT2D eigenvalue weighted by Crippen LogP contribution is 2.28. The number of hydrogen-bond donors (Lipinski definition) is 0. The van der Waals surface area contributed by atoms with E-state index in [-0.39, 0.29) is 0 Å². The van der Waals surface area contributed by atoms with E-state index in [1.54, 1.807) is 0 Å². The van der Waals surface area contributed by atoms with Crippen molar-refractivity contribution in [3.05, 3.63) is 65.7 Å². The van der Waals surface area contributed by atoms with Gasteiger partial charge in [0.05, 0.1) is 11.4 Å². The summed E-state index contributed by atoms with van der Waals surface area (Å²) in [5.74, 6) is 0. The van der Waals surface area contributed by atoms with Crippen LogP contribution in [0.2, 0.25) is 0 Å². The molecule has 0 amide bonds. The Balaban J connectivity index is 2.06. The van der Waals surface area contributed by atoms with E-state index in [4.69, 9.17) is 5.10 Å². The molecular weight excluding hydrogens is 232 g/mol. The maximum atomic E-state index is 4.84. The van der Waals surface area contributed by atoms with Crippen molar-refractivity contribution in [2.75, 3.05) is 5.01 Å². The number of hydrazone groups is 1. The summed E-state index contributed by atoms with van der Waals surface area (Å²) in [5, 5.41) is 6.97. The van der Waals surface area contributed by atoms with Gasteiger partial charge in [-0.3, -0.25) is 5.01 Å². The molecule has 0 saturated carbocycles. The molecule has 0 spiro atoms. The second-order valence-corrected chi connectivity index (χ2v) is 5.16. The Hall–Kier alpha value is -2.09. The largest absolute Gasteiger partial charge is 0.262 e. The van der Waals surface area contributed by atoms with Gasteiger partial charge in [0.15, 0.2) is 0 Å². The highest BCUT2D eigenvalue weighted by molar-refractivity contribution is 6.04. The average Bonchev–Trinajstić information content (AvgIpc) is 2.47. The Bertz CT molecular complexity index is 600. The van der Waals surface area contributed by atoms with E-state index in [1.807, 2.05) is 6.07 Å². The number of fused-ring (bicyclic) bond motifs is 1. The molecule has 0 bridgehead atoms. The summed E-state index contributed by atoms with van der Waals surface area (Å²) >= 11 is 0. The molecule has 0 aliphatic carbocycles. The van der Waals surface area contributed by atoms with E-state index in [0.29, 0.717) is 6.04 Å². The molecule has 0 unspecified atom stereocenters. The van der Waals surface area contributed by atoms with E-state index >= 15 is 0 Å². The number of nitrogens with zero attached hydrogens (tertiary/aromatic N) is 2. The lowest BCUT2D eigenvalue weighted by Crippen LogP contribution is -2.31. The van der Waals surface area contributed by atoms with Gasteiger partial charge in [0, 0.05) is 12.5 Å². The van der Waals surface area contributed by atoms with Crippen LogP contribution in [0, 0.1) is 0 Å². The normalized spacial score (nSPS) is 14.3. The van der Waals surface area contributed by atoms with Gasteiger partial charge in [-0.2, -0.15) is 5.10 Å². The second-order valence-electron chi connectivity index (χ2n) is 5.16. The fourth-order valence-corrected chi connectivity index (χ4v) is 2.47. The first-order chi connectivity index (χ1) is 9.25. The molecule has 2 aromatic rings. The van der Waals surface area contributed by atoms with Crippen LogP contribution in [-0.4, -0.2) is 11.8 Å². The molecule has 1 heterocycles. The standard InChI is InChI=1S/C17H18N2/c1-13(2)19-17-11-7-6-10-15(17)12-16(18-19)14-8-4-3-5-9-14/h3-11,13H,12H2,1-2H3. The first-order valence-corrected chi connectivity index (χ1v) is 6.76. The zero-order chi connectivity index (χ0) is 13.2. The third-order valence-corrected chi connectivity index (χ3v) is 3.42. The minimum absolute atomic E-state index is 0.361. The maximum Gasteiger partial charge on any atom is 0.0726 e. The number of benzene rings is 2. The summed E-state index contributed by atoms with van der Waals surface area (Å²) < 4.78 is 0. The molecular formula is C17H18N2. The third kappa shape index (κ3) is 2.26. The van der Waals surface area contributed by atoms with Gasteiger partial charge in [0.1, 0.15) is 0 Å².